The van der Waals surface area contributed by atoms with Crippen LogP contribution in [-0.4, -0.2) is 47.8 Å². The smallest absolute Gasteiger partial charge is 0.232 e. The van der Waals surface area contributed by atoms with E-state index in [1.165, 1.54) is 0 Å². The van der Waals surface area contributed by atoms with Gasteiger partial charge < -0.3 is 9.80 Å². The Bertz CT molecular complexity index is 544. The molecule has 0 spiro atoms. The molecule has 1 heterocycles. The molecule has 0 aromatic heterocycles. The molecule has 4 nitrogen and oxygen atoms in total. The van der Waals surface area contributed by atoms with Crippen LogP contribution in [0.5, 0.6) is 0 Å². The maximum absolute atomic E-state index is 12.9. The van der Waals surface area contributed by atoms with Gasteiger partial charge in [0.25, 0.3) is 0 Å². The van der Waals surface area contributed by atoms with Crippen LogP contribution in [0.1, 0.15) is 39.7 Å². The summed E-state index contributed by atoms with van der Waals surface area (Å²) in [6.07, 6.45) is 0.587. The molecule has 1 fully saturated rings. The van der Waals surface area contributed by atoms with E-state index >= 15 is 0 Å². The van der Waals surface area contributed by atoms with Crippen LogP contribution in [0, 0.1) is 5.92 Å². The zero-order valence-corrected chi connectivity index (χ0v) is 14.7. The molecule has 0 N–H and O–H groups in total. The van der Waals surface area contributed by atoms with E-state index in [1.54, 1.807) is 0 Å². The molecular formula is C19H28N2O2. The minimum atomic E-state index is -0.536. The predicted molar refractivity (Wildman–Crippen MR) is 92.1 cm³/mol. The van der Waals surface area contributed by atoms with E-state index in [1.807, 2.05) is 54.0 Å². The molecule has 1 aromatic rings. The lowest BCUT2D eigenvalue weighted by Crippen LogP contribution is -2.54. The second kappa shape index (κ2) is 7.16. The van der Waals surface area contributed by atoms with Crippen molar-refractivity contribution < 1.29 is 9.59 Å². The van der Waals surface area contributed by atoms with E-state index in [0.29, 0.717) is 38.5 Å². The Labute approximate surface area is 139 Å². The number of amides is 2. The Balaban J connectivity index is 1.97. The van der Waals surface area contributed by atoms with Crippen molar-refractivity contribution >= 4 is 11.8 Å². The summed E-state index contributed by atoms with van der Waals surface area (Å²) in [4.78, 5) is 28.8. The number of piperazine rings is 1. The highest BCUT2D eigenvalue weighted by atomic mass is 16.2. The van der Waals surface area contributed by atoms with Crippen LogP contribution in [-0.2, 0) is 15.0 Å². The third kappa shape index (κ3) is 4.12. The van der Waals surface area contributed by atoms with Crippen molar-refractivity contribution in [2.75, 3.05) is 26.2 Å². The van der Waals surface area contributed by atoms with E-state index in [9.17, 15) is 9.59 Å². The van der Waals surface area contributed by atoms with Crippen LogP contribution in [0.2, 0.25) is 0 Å². The highest BCUT2D eigenvalue weighted by Gasteiger charge is 2.35. The first-order valence-corrected chi connectivity index (χ1v) is 8.45. The van der Waals surface area contributed by atoms with E-state index in [-0.39, 0.29) is 11.8 Å². The molecule has 0 saturated carbocycles. The standard InChI is InChI=1S/C19H28N2O2/c1-15(2)14-17(22)20-10-12-21(13-11-20)18(23)19(3,4)16-8-6-5-7-9-16/h5-9,15H,10-14H2,1-4H3. The second-order valence-corrected chi connectivity index (χ2v) is 7.26. The number of nitrogens with zero attached hydrogens (tertiary/aromatic N) is 2. The molecular weight excluding hydrogens is 288 g/mol. The summed E-state index contributed by atoms with van der Waals surface area (Å²) < 4.78 is 0. The molecule has 0 bridgehead atoms. The maximum Gasteiger partial charge on any atom is 0.232 e. The summed E-state index contributed by atoms with van der Waals surface area (Å²) in [5, 5.41) is 0. The minimum Gasteiger partial charge on any atom is -0.339 e. The fourth-order valence-corrected chi connectivity index (χ4v) is 3.01. The van der Waals surface area contributed by atoms with Crippen molar-refractivity contribution in [1.29, 1.82) is 0 Å². The summed E-state index contributed by atoms with van der Waals surface area (Å²) in [5.74, 6) is 0.716. The molecule has 126 valence electrons. The molecule has 4 heteroatoms. The molecule has 1 aliphatic rings. The average Bonchev–Trinajstić information content (AvgIpc) is 2.54. The summed E-state index contributed by atoms with van der Waals surface area (Å²) in [6.45, 7) is 10.6. The monoisotopic (exact) mass is 316 g/mol. The van der Waals surface area contributed by atoms with Crippen LogP contribution in [0.3, 0.4) is 0 Å². The van der Waals surface area contributed by atoms with Crippen LogP contribution < -0.4 is 0 Å². The molecule has 1 aromatic carbocycles. The molecule has 0 aliphatic carbocycles. The van der Waals surface area contributed by atoms with Gasteiger partial charge in [0, 0.05) is 32.6 Å². The van der Waals surface area contributed by atoms with Crippen LogP contribution in [0.15, 0.2) is 30.3 Å². The number of hydrogen-bond donors (Lipinski definition) is 0. The van der Waals surface area contributed by atoms with Gasteiger partial charge >= 0.3 is 0 Å². The van der Waals surface area contributed by atoms with Gasteiger partial charge in [-0.25, -0.2) is 0 Å². The molecule has 1 aliphatic heterocycles. The number of hydrogen-bond acceptors (Lipinski definition) is 2. The fourth-order valence-electron chi connectivity index (χ4n) is 3.01. The summed E-state index contributed by atoms with van der Waals surface area (Å²) in [7, 11) is 0. The first-order chi connectivity index (χ1) is 10.8. The molecule has 2 rings (SSSR count). The quantitative estimate of drug-likeness (QED) is 0.857. The topological polar surface area (TPSA) is 40.6 Å². The molecule has 1 saturated heterocycles. The van der Waals surface area contributed by atoms with Crippen molar-refractivity contribution in [3.05, 3.63) is 35.9 Å². The second-order valence-electron chi connectivity index (χ2n) is 7.26. The lowest BCUT2D eigenvalue weighted by atomic mass is 9.83. The van der Waals surface area contributed by atoms with E-state index in [4.69, 9.17) is 0 Å². The molecule has 2 amide bonds. The molecule has 23 heavy (non-hydrogen) atoms. The van der Waals surface area contributed by atoms with Crippen molar-refractivity contribution in [3.8, 4) is 0 Å². The molecule has 0 unspecified atom stereocenters. The zero-order valence-electron chi connectivity index (χ0n) is 14.7. The fraction of sp³-hybridized carbons (Fsp3) is 0.579. The van der Waals surface area contributed by atoms with Gasteiger partial charge in [0.2, 0.25) is 11.8 Å². The van der Waals surface area contributed by atoms with Gasteiger partial charge in [-0.3, -0.25) is 9.59 Å². The third-order valence-electron chi connectivity index (χ3n) is 4.53. The minimum absolute atomic E-state index is 0.139. The largest absolute Gasteiger partial charge is 0.339 e. The van der Waals surface area contributed by atoms with Crippen molar-refractivity contribution in [3.63, 3.8) is 0 Å². The predicted octanol–water partition coefficient (Wildman–Crippen LogP) is 2.68. The van der Waals surface area contributed by atoms with Gasteiger partial charge in [-0.2, -0.15) is 0 Å². The highest BCUT2D eigenvalue weighted by Crippen LogP contribution is 2.26. The van der Waals surface area contributed by atoms with Crippen LogP contribution >= 0.6 is 0 Å². The van der Waals surface area contributed by atoms with Crippen molar-refractivity contribution in [2.45, 2.75) is 39.5 Å². The lowest BCUT2D eigenvalue weighted by molar-refractivity contribution is -0.143. The number of benzene rings is 1. The number of rotatable bonds is 4. The summed E-state index contributed by atoms with van der Waals surface area (Å²) in [6, 6.07) is 9.89. The maximum atomic E-state index is 12.9. The van der Waals surface area contributed by atoms with Crippen LogP contribution in [0.4, 0.5) is 0 Å². The van der Waals surface area contributed by atoms with Crippen molar-refractivity contribution in [1.82, 2.24) is 9.80 Å². The van der Waals surface area contributed by atoms with Gasteiger partial charge in [0.1, 0.15) is 0 Å². The Kier molecular flexibility index (Phi) is 5.45. The Morgan fingerprint density at radius 2 is 1.52 bits per heavy atom. The van der Waals surface area contributed by atoms with E-state index in [2.05, 4.69) is 13.8 Å². The molecule has 0 atom stereocenters. The normalized spacial score (nSPS) is 15.9. The van der Waals surface area contributed by atoms with Gasteiger partial charge in [0.05, 0.1) is 5.41 Å². The first-order valence-electron chi connectivity index (χ1n) is 8.45. The Hall–Kier alpha value is -1.84. The van der Waals surface area contributed by atoms with Gasteiger partial charge in [-0.15, -0.1) is 0 Å². The lowest BCUT2D eigenvalue weighted by Gasteiger charge is -2.39. The summed E-state index contributed by atoms with van der Waals surface area (Å²) in [5.41, 5.74) is 0.495. The number of carbonyl (C=O) groups excluding carboxylic acids is 2. The van der Waals surface area contributed by atoms with Crippen LogP contribution in [0.25, 0.3) is 0 Å². The number of carbonyl (C=O) groups is 2. The first kappa shape index (κ1) is 17.5. The average molecular weight is 316 g/mol. The summed E-state index contributed by atoms with van der Waals surface area (Å²) >= 11 is 0. The van der Waals surface area contributed by atoms with E-state index in [0.717, 1.165) is 5.56 Å². The van der Waals surface area contributed by atoms with Crippen molar-refractivity contribution in [2.24, 2.45) is 5.92 Å². The van der Waals surface area contributed by atoms with Gasteiger partial charge in [-0.1, -0.05) is 44.2 Å². The van der Waals surface area contributed by atoms with Gasteiger partial charge in [-0.05, 0) is 25.3 Å². The third-order valence-corrected chi connectivity index (χ3v) is 4.53. The Morgan fingerprint density at radius 1 is 1.00 bits per heavy atom. The SMILES string of the molecule is CC(C)CC(=O)N1CCN(C(=O)C(C)(C)c2ccccc2)CC1. The zero-order chi connectivity index (χ0) is 17.0. The Morgan fingerprint density at radius 3 is 2.04 bits per heavy atom. The van der Waals surface area contributed by atoms with Gasteiger partial charge in [0.15, 0.2) is 0 Å². The van der Waals surface area contributed by atoms with E-state index < -0.39 is 5.41 Å². The molecule has 0 radical (unpaired) electrons. The highest BCUT2D eigenvalue weighted by molar-refractivity contribution is 5.87.